The monoisotopic (exact) mass is 479 g/mol. The number of nitrogens with zero attached hydrogens (tertiary/aromatic N) is 1. The van der Waals surface area contributed by atoms with Crippen molar-refractivity contribution in [2.75, 3.05) is 0 Å². The van der Waals surface area contributed by atoms with Crippen LogP contribution in [0.2, 0.25) is 0 Å². The van der Waals surface area contributed by atoms with Crippen molar-refractivity contribution in [3.63, 3.8) is 0 Å². The summed E-state index contributed by atoms with van der Waals surface area (Å²) >= 11 is 1.14. The van der Waals surface area contributed by atoms with Crippen LogP contribution in [0.25, 0.3) is 17.5 Å². The molecule has 2 heterocycles. The molecule has 0 aliphatic carbocycles. The molecule has 0 bridgehead atoms. The van der Waals surface area contributed by atoms with Crippen LogP contribution in [0.3, 0.4) is 0 Å². The fourth-order valence-corrected chi connectivity index (χ4v) is 5.52. The van der Waals surface area contributed by atoms with Gasteiger partial charge in [-0.2, -0.15) is 0 Å². The van der Waals surface area contributed by atoms with E-state index in [1.54, 1.807) is 36.4 Å². The van der Waals surface area contributed by atoms with Crippen LogP contribution in [0.4, 0.5) is 0 Å². The predicted octanol–water partition coefficient (Wildman–Crippen LogP) is 2.18. The van der Waals surface area contributed by atoms with E-state index < -0.39 is 17.4 Å². The number of Topliss-reactive ketones (excluding diaryl/α,β-unsaturated/α-hetero) is 1. The first-order valence-electron chi connectivity index (χ1n) is 10.9. The molecule has 0 fully saturated rings. The first-order valence-corrected chi connectivity index (χ1v) is 11.8. The van der Waals surface area contributed by atoms with E-state index in [2.05, 4.69) is 0 Å². The number of aromatic nitrogens is 1. The van der Waals surface area contributed by atoms with Crippen LogP contribution in [-0.4, -0.2) is 16.3 Å². The highest BCUT2D eigenvalue weighted by atomic mass is 32.1. The largest absolute Gasteiger partial charge is 0.384 e. The molecule has 1 aliphatic heterocycles. The summed E-state index contributed by atoms with van der Waals surface area (Å²) in [5.41, 5.74) is 14.3. The summed E-state index contributed by atoms with van der Waals surface area (Å²) in [5.74, 6) is -1.90. The van der Waals surface area contributed by atoms with Crippen LogP contribution in [0.15, 0.2) is 101 Å². The van der Waals surface area contributed by atoms with E-state index in [-0.39, 0.29) is 22.8 Å². The second kappa shape index (κ2) is 9.04. The van der Waals surface area contributed by atoms with Crippen LogP contribution in [-0.2, 0) is 4.79 Å². The fourth-order valence-electron chi connectivity index (χ4n) is 4.34. The smallest absolute Gasteiger partial charge is 0.274 e. The number of nitrogens with two attached hydrogens (primary N) is 2. The number of fused-ring (bicyclic) bond motifs is 1. The quantitative estimate of drug-likeness (QED) is 0.428. The maximum Gasteiger partial charge on any atom is 0.274 e. The molecule has 1 atom stereocenters. The van der Waals surface area contributed by atoms with Crippen LogP contribution >= 0.6 is 11.3 Å². The van der Waals surface area contributed by atoms with Crippen molar-refractivity contribution in [3.8, 4) is 0 Å². The Kier molecular flexibility index (Phi) is 5.76. The molecule has 0 saturated carbocycles. The van der Waals surface area contributed by atoms with Crippen molar-refractivity contribution in [1.29, 1.82) is 0 Å². The van der Waals surface area contributed by atoms with Crippen molar-refractivity contribution >= 4 is 40.5 Å². The van der Waals surface area contributed by atoms with Crippen molar-refractivity contribution in [2.45, 2.75) is 5.92 Å². The van der Waals surface area contributed by atoms with Gasteiger partial charge >= 0.3 is 0 Å². The zero-order valence-electron chi connectivity index (χ0n) is 18.5. The summed E-state index contributed by atoms with van der Waals surface area (Å²) in [5, 5.41) is 0. The Morgan fingerprint density at radius 1 is 0.829 bits per heavy atom. The summed E-state index contributed by atoms with van der Waals surface area (Å²) in [6.45, 7) is 0. The molecule has 3 aromatic carbocycles. The predicted molar refractivity (Wildman–Crippen MR) is 138 cm³/mol. The number of hydrogen-bond donors (Lipinski definition) is 2. The Bertz CT molecular complexity index is 1650. The molecule has 0 spiro atoms. The number of hydrogen-bond acceptors (Lipinski definition) is 5. The van der Waals surface area contributed by atoms with E-state index in [1.807, 2.05) is 60.7 Å². The molecule has 172 valence electrons. The van der Waals surface area contributed by atoms with Gasteiger partial charge in [-0.25, -0.2) is 0 Å². The van der Waals surface area contributed by atoms with Crippen LogP contribution in [0.5, 0.6) is 0 Å². The Labute approximate surface area is 204 Å². The highest BCUT2D eigenvalue weighted by molar-refractivity contribution is 7.07. The number of benzene rings is 3. The van der Waals surface area contributed by atoms with Gasteiger partial charge in [-0.1, -0.05) is 91.0 Å². The van der Waals surface area contributed by atoms with E-state index in [0.717, 1.165) is 16.9 Å². The number of allylic oxidation sites excluding steroid dienone is 1. The molecule has 1 aromatic heterocycles. The van der Waals surface area contributed by atoms with Gasteiger partial charge in [0.25, 0.3) is 5.56 Å². The number of carbonyl (C=O) groups excluding carboxylic acids is 2. The summed E-state index contributed by atoms with van der Waals surface area (Å²) < 4.78 is 1.96. The third-order valence-corrected chi connectivity index (χ3v) is 7.03. The summed E-state index contributed by atoms with van der Waals surface area (Å²) in [4.78, 5) is 40.1. The SMILES string of the molecule is NC(=O)C1=c2s/c(=C/c3ccccc3)c(=O)n2C(N)=C(C(=O)c2ccccc2)C1c1ccccc1. The second-order valence-electron chi connectivity index (χ2n) is 8.08. The molecule has 0 radical (unpaired) electrons. The lowest BCUT2D eigenvalue weighted by Crippen LogP contribution is -2.42. The van der Waals surface area contributed by atoms with E-state index in [1.165, 1.54) is 4.57 Å². The highest BCUT2D eigenvalue weighted by Crippen LogP contribution is 2.37. The maximum atomic E-state index is 13.8. The molecular formula is C28H21N3O3S. The number of carbonyl (C=O) groups is 2. The van der Waals surface area contributed by atoms with Gasteiger partial charge in [0.05, 0.1) is 15.7 Å². The molecule has 1 aliphatic rings. The van der Waals surface area contributed by atoms with Gasteiger partial charge < -0.3 is 11.5 Å². The Balaban J connectivity index is 1.87. The number of thiazole rings is 1. The van der Waals surface area contributed by atoms with Crippen molar-refractivity contribution in [3.05, 3.63) is 133 Å². The van der Waals surface area contributed by atoms with E-state index in [4.69, 9.17) is 11.5 Å². The van der Waals surface area contributed by atoms with Gasteiger partial charge in [0, 0.05) is 11.5 Å². The van der Waals surface area contributed by atoms with Gasteiger partial charge in [-0.15, -0.1) is 11.3 Å². The minimum atomic E-state index is -0.816. The molecule has 4 N–H and O–H groups in total. The highest BCUT2D eigenvalue weighted by Gasteiger charge is 2.37. The van der Waals surface area contributed by atoms with E-state index >= 15 is 0 Å². The van der Waals surface area contributed by atoms with Gasteiger partial charge in [0.15, 0.2) is 5.78 Å². The second-order valence-corrected chi connectivity index (χ2v) is 9.11. The van der Waals surface area contributed by atoms with Crippen LogP contribution < -0.4 is 26.2 Å². The molecule has 1 unspecified atom stereocenters. The minimum Gasteiger partial charge on any atom is -0.384 e. The molecule has 4 aromatic rings. The van der Waals surface area contributed by atoms with Gasteiger partial charge in [0.1, 0.15) is 10.5 Å². The molecule has 5 rings (SSSR count). The topological polar surface area (TPSA) is 108 Å². The van der Waals surface area contributed by atoms with Crippen molar-refractivity contribution in [2.24, 2.45) is 11.5 Å². The van der Waals surface area contributed by atoms with Crippen LogP contribution in [0, 0.1) is 0 Å². The van der Waals surface area contributed by atoms with E-state index in [9.17, 15) is 14.4 Å². The summed E-state index contributed by atoms with van der Waals surface area (Å²) in [6, 6.07) is 27.1. The summed E-state index contributed by atoms with van der Waals surface area (Å²) in [6.07, 6.45) is 1.74. The van der Waals surface area contributed by atoms with Gasteiger partial charge in [-0.3, -0.25) is 19.0 Å². The van der Waals surface area contributed by atoms with E-state index in [0.29, 0.717) is 20.3 Å². The van der Waals surface area contributed by atoms with Crippen molar-refractivity contribution < 1.29 is 9.59 Å². The maximum absolute atomic E-state index is 13.8. The normalized spacial score (nSPS) is 15.7. The summed E-state index contributed by atoms with van der Waals surface area (Å²) in [7, 11) is 0. The number of rotatable bonds is 5. The third-order valence-electron chi connectivity index (χ3n) is 5.92. The minimum absolute atomic E-state index is 0.00154. The zero-order chi connectivity index (χ0) is 24.5. The Morgan fingerprint density at radius 2 is 1.40 bits per heavy atom. The first kappa shape index (κ1) is 22.3. The van der Waals surface area contributed by atoms with Gasteiger partial charge in [0.2, 0.25) is 5.91 Å². The molecule has 35 heavy (non-hydrogen) atoms. The molecule has 1 amide bonds. The Hall–Kier alpha value is -4.49. The Morgan fingerprint density at radius 3 is 2.00 bits per heavy atom. The number of primary amides is 1. The molecule has 0 saturated heterocycles. The number of amides is 1. The number of ketones is 1. The van der Waals surface area contributed by atoms with Crippen molar-refractivity contribution in [1.82, 2.24) is 4.57 Å². The van der Waals surface area contributed by atoms with Gasteiger partial charge in [-0.05, 0) is 17.2 Å². The molecular weight excluding hydrogens is 458 g/mol. The first-order chi connectivity index (χ1) is 17.0. The molecule has 6 nitrogen and oxygen atoms in total. The molecule has 7 heteroatoms. The average molecular weight is 480 g/mol. The standard InChI is InChI=1S/C28H21N3O3S/c29-25-22(24(32)19-14-8-3-9-15-19)21(18-12-6-2-7-13-18)23(26(30)33)28-31(25)27(34)20(35-28)16-17-10-4-1-5-11-17/h1-16,21H,29H2,(H2,30,33)/b20-16+. The fraction of sp³-hybridized carbons (Fsp3) is 0.0357. The lowest BCUT2D eigenvalue weighted by molar-refractivity contribution is -0.113. The third kappa shape index (κ3) is 3.92. The zero-order valence-corrected chi connectivity index (χ0v) is 19.4. The van der Waals surface area contributed by atoms with Crippen LogP contribution in [0.1, 0.15) is 27.4 Å². The lowest BCUT2D eigenvalue weighted by atomic mass is 9.80. The average Bonchev–Trinajstić information content (AvgIpc) is 3.20. The lowest BCUT2D eigenvalue weighted by Gasteiger charge is -2.27.